The lowest BCUT2D eigenvalue weighted by Gasteiger charge is -2.31. The van der Waals surface area contributed by atoms with Crippen LogP contribution in [-0.2, 0) is 0 Å². The summed E-state index contributed by atoms with van der Waals surface area (Å²) in [6.07, 6.45) is 3.96. The molecule has 13 heteroatoms. The van der Waals surface area contributed by atoms with Gasteiger partial charge in [0.1, 0.15) is 10.0 Å². The molecule has 5 rings (SSSR count). The van der Waals surface area contributed by atoms with E-state index in [2.05, 4.69) is 30.9 Å². The van der Waals surface area contributed by atoms with Crippen molar-refractivity contribution < 1.29 is 9.59 Å². The van der Waals surface area contributed by atoms with E-state index in [4.69, 9.17) is 12.2 Å². The van der Waals surface area contributed by atoms with Crippen LogP contribution in [0.1, 0.15) is 69.0 Å². The molecule has 2 aliphatic rings. The van der Waals surface area contributed by atoms with Crippen molar-refractivity contribution in [1.29, 1.82) is 0 Å². The van der Waals surface area contributed by atoms with E-state index in [1.807, 2.05) is 30.2 Å². The third-order valence-corrected chi connectivity index (χ3v) is 8.60. The second-order valence-electron chi connectivity index (χ2n) is 9.14. The van der Waals surface area contributed by atoms with Gasteiger partial charge in [-0.25, -0.2) is 9.50 Å². The average molecular weight is 545 g/mol. The molecule has 2 amide bonds. The van der Waals surface area contributed by atoms with Crippen LogP contribution < -0.4 is 10.6 Å². The maximum absolute atomic E-state index is 13.1. The van der Waals surface area contributed by atoms with Crippen molar-refractivity contribution in [2.75, 3.05) is 25.4 Å². The minimum Gasteiger partial charge on any atom is -0.368 e. The number of aromatic nitrogens is 5. The topological polar surface area (TPSA) is 117 Å². The Balaban J connectivity index is 1.11. The number of aryl methyl sites for hydroxylation is 2. The van der Waals surface area contributed by atoms with Crippen molar-refractivity contribution in [3.05, 3.63) is 39.2 Å². The van der Waals surface area contributed by atoms with E-state index >= 15 is 0 Å². The summed E-state index contributed by atoms with van der Waals surface area (Å²) in [4.78, 5) is 32.0. The molecule has 1 aliphatic heterocycles. The van der Waals surface area contributed by atoms with E-state index in [1.165, 1.54) is 24.2 Å². The van der Waals surface area contributed by atoms with E-state index in [-0.39, 0.29) is 17.7 Å². The molecular weight excluding hydrogens is 517 g/mol. The van der Waals surface area contributed by atoms with Crippen molar-refractivity contribution >= 4 is 57.1 Å². The van der Waals surface area contributed by atoms with Gasteiger partial charge in [-0.2, -0.15) is 5.10 Å². The number of piperidine rings is 1. The molecular formula is C23H28N8O2S3. The summed E-state index contributed by atoms with van der Waals surface area (Å²) in [6, 6.07) is 2.39. The highest BCUT2D eigenvalue weighted by molar-refractivity contribution is 8.22. The molecule has 0 radical (unpaired) electrons. The third kappa shape index (κ3) is 5.68. The minimum absolute atomic E-state index is 0.127. The van der Waals surface area contributed by atoms with E-state index in [0.717, 1.165) is 33.6 Å². The van der Waals surface area contributed by atoms with Gasteiger partial charge in [0, 0.05) is 48.8 Å². The summed E-state index contributed by atoms with van der Waals surface area (Å²) in [7, 11) is 0. The summed E-state index contributed by atoms with van der Waals surface area (Å²) in [5.41, 5.74) is 2.94. The fourth-order valence-corrected chi connectivity index (χ4v) is 6.20. The van der Waals surface area contributed by atoms with Crippen molar-refractivity contribution in [2.24, 2.45) is 0 Å². The normalized spacial score (nSPS) is 16.3. The number of hydrogen-bond donors (Lipinski definition) is 2. The Hall–Kier alpha value is -2.64. The minimum atomic E-state index is -0.162. The van der Waals surface area contributed by atoms with Gasteiger partial charge in [0.25, 0.3) is 11.8 Å². The van der Waals surface area contributed by atoms with Gasteiger partial charge in [-0.15, -0.1) is 21.5 Å². The molecule has 3 aromatic heterocycles. The number of rotatable bonds is 7. The van der Waals surface area contributed by atoms with E-state index < -0.39 is 0 Å². The van der Waals surface area contributed by atoms with Crippen molar-refractivity contribution in [3.63, 3.8) is 0 Å². The van der Waals surface area contributed by atoms with Crippen LogP contribution in [-0.4, -0.2) is 77.3 Å². The van der Waals surface area contributed by atoms with Crippen LogP contribution in [0.5, 0.6) is 0 Å². The highest BCUT2D eigenvalue weighted by Gasteiger charge is 2.29. The lowest BCUT2D eigenvalue weighted by Crippen LogP contribution is -2.39. The summed E-state index contributed by atoms with van der Waals surface area (Å²) in [5.74, 6) is 0.665. The van der Waals surface area contributed by atoms with Crippen LogP contribution in [0.2, 0.25) is 0 Å². The Morgan fingerprint density at radius 3 is 2.72 bits per heavy atom. The first-order valence-electron chi connectivity index (χ1n) is 12.0. The highest BCUT2D eigenvalue weighted by Crippen LogP contribution is 2.31. The molecule has 0 spiro atoms. The molecule has 0 unspecified atom stereocenters. The highest BCUT2D eigenvalue weighted by atomic mass is 32.2. The summed E-state index contributed by atoms with van der Waals surface area (Å²) in [5, 5.41) is 21.7. The lowest BCUT2D eigenvalue weighted by atomic mass is 9.97. The predicted molar refractivity (Wildman–Crippen MR) is 144 cm³/mol. The first kappa shape index (κ1) is 25.0. The van der Waals surface area contributed by atoms with Crippen molar-refractivity contribution in [3.8, 4) is 0 Å². The lowest BCUT2D eigenvalue weighted by molar-refractivity contribution is 0.0704. The van der Waals surface area contributed by atoms with Crippen LogP contribution >= 0.6 is 35.3 Å². The largest absolute Gasteiger partial charge is 0.368 e. The molecule has 0 bridgehead atoms. The Labute approximate surface area is 222 Å². The molecule has 2 fully saturated rings. The fraction of sp³-hybridized carbons (Fsp3) is 0.522. The number of likely N-dealkylation sites (tertiary alicyclic amines) is 1. The van der Waals surface area contributed by atoms with Crippen LogP contribution in [0.25, 0.3) is 5.65 Å². The number of carbonyl (C=O) groups excluding carboxylic acids is 2. The van der Waals surface area contributed by atoms with E-state index in [9.17, 15) is 9.59 Å². The Morgan fingerprint density at radius 2 is 1.97 bits per heavy atom. The van der Waals surface area contributed by atoms with Gasteiger partial charge in [0.2, 0.25) is 0 Å². The first-order chi connectivity index (χ1) is 17.4. The molecule has 2 N–H and O–H groups in total. The van der Waals surface area contributed by atoms with Gasteiger partial charge in [0.05, 0.1) is 16.4 Å². The molecule has 1 aliphatic carbocycles. The molecule has 1 saturated carbocycles. The molecule has 10 nitrogen and oxygen atoms in total. The van der Waals surface area contributed by atoms with Gasteiger partial charge in [0.15, 0.2) is 11.3 Å². The molecule has 190 valence electrons. The zero-order valence-corrected chi connectivity index (χ0v) is 22.6. The van der Waals surface area contributed by atoms with Crippen LogP contribution in [0.3, 0.4) is 0 Å². The number of hydrogen-bond acceptors (Lipinski definition) is 9. The van der Waals surface area contributed by atoms with Crippen molar-refractivity contribution in [2.45, 2.75) is 51.5 Å². The molecule has 3 aromatic rings. The molecule has 0 aromatic carbocycles. The zero-order chi connectivity index (χ0) is 25.2. The van der Waals surface area contributed by atoms with Gasteiger partial charge < -0.3 is 15.5 Å². The standard InChI is InChI=1S/C23H28N8O2S3/c1-13-11-18-27-28-19(14(2)31(18)29-13)22(33)30-8-5-15(6-9-30)21-26-17(12-36-21)20(32)24-7-10-35-23(34)25-16-3-4-16/h11-12,15-16H,3-10H2,1-2H3,(H,24,32)(H,25,34). The molecule has 4 heterocycles. The fourth-order valence-electron chi connectivity index (χ4n) is 4.17. The van der Waals surface area contributed by atoms with Crippen LogP contribution in [0.15, 0.2) is 11.4 Å². The number of amides is 2. The number of thiazole rings is 1. The zero-order valence-electron chi connectivity index (χ0n) is 20.2. The number of fused-ring (bicyclic) bond motifs is 1. The maximum atomic E-state index is 13.1. The number of carbonyl (C=O) groups is 2. The molecule has 0 atom stereocenters. The van der Waals surface area contributed by atoms with Crippen LogP contribution in [0.4, 0.5) is 0 Å². The Kier molecular flexibility index (Phi) is 7.49. The summed E-state index contributed by atoms with van der Waals surface area (Å²) in [6.45, 7) is 5.48. The predicted octanol–water partition coefficient (Wildman–Crippen LogP) is 2.72. The number of thiocarbonyl (C=S) groups is 1. The maximum Gasteiger partial charge on any atom is 0.276 e. The number of nitrogens with zero attached hydrogens (tertiary/aromatic N) is 6. The van der Waals surface area contributed by atoms with Crippen molar-refractivity contribution in [1.82, 2.24) is 40.3 Å². The van der Waals surface area contributed by atoms with E-state index in [0.29, 0.717) is 48.4 Å². The van der Waals surface area contributed by atoms with Gasteiger partial charge in [-0.05, 0) is 39.5 Å². The number of thioether (sulfide) groups is 1. The third-order valence-electron chi connectivity index (χ3n) is 6.33. The van der Waals surface area contributed by atoms with Gasteiger partial charge in [-0.3, -0.25) is 9.59 Å². The Bertz CT molecular complexity index is 1290. The quantitative estimate of drug-likeness (QED) is 0.342. The first-order valence-corrected chi connectivity index (χ1v) is 14.3. The van der Waals surface area contributed by atoms with E-state index in [1.54, 1.807) is 16.3 Å². The Morgan fingerprint density at radius 1 is 1.19 bits per heavy atom. The SMILES string of the molecule is Cc1cc2nnc(C(=O)N3CCC(c4nc(C(=O)NCCSC(=S)NC5CC5)cs4)CC3)c(C)n2n1. The second-order valence-corrected chi connectivity index (χ2v) is 11.8. The summed E-state index contributed by atoms with van der Waals surface area (Å²) >= 11 is 8.35. The number of nitrogens with one attached hydrogen (secondary N) is 2. The van der Waals surface area contributed by atoms with Gasteiger partial charge in [-0.1, -0.05) is 24.0 Å². The summed E-state index contributed by atoms with van der Waals surface area (Å²) < 4.78 is 2.47. The van der Waals surface area contributed by atoms with Crippen LogP contribution in [0, 0.1) is 13.8 Å². The average Bonchev–Trinajstić information content (AvgIpc) is 3.38. The second kappa shape index (κ2) is 10.8. The molecule has 36 heavy (non-hydrogen) atoms. The smallest absolute Gasteiger partial charge is 0.276 e. The molecule has 1 saturated heterocycles. The van der Waals surface area contributed by atoms with Gasteiger partial charge >= 0.3 is 0 Å². The monoisotopic (exact) mass is 544 g/mol.